The van der Waals surface area contributed by atoms with E-state index in [1.807, 2.05) is 23.6 Å². The zero-order valence-corrected chi connectivity index (χ0v) is 11.9. The van der Waals surface area contributed by atoms with Crippen molar-refractivity contribution in [2.45, 2.75) is 6.36 Å². The van der Waals surface area contributed by atoms with Crippen LogP contribution in [0.3, 0.4) is 0 Å². The first-order valence-electron chi connectivity index (χ1n) is 6.28. The molecule has 0 fully saturated rings. The third kappa shape index (κ3) is 3.12. The van der Waals surface area contributed by atoms with Crippen LogP contribution >= 0.6 is 11.3 Å². The molecular weight excluding hydrogens is 313 g/mol. The highest BCUT2D eigenvalue weighted by atomic mass is 32.1. The summed E-state index contributed by atoms with van der Waals surface area (Å²) in [5, 5.41) is 2.94. The van der Waals surface area contributed by atoms with Gasteiger partial charge in [0.2, 0.25) is 0 Å². The van der Waals surface area contributed by atoms with E-state index in [1.165, 1.54) is 12.1 Å². The van der Waals surface area contributed by atoms with Crippen molar-refractivity contribution in [1.29, 1.82) is 0 Å². The lowest BCUT2D eigenvalue weighted by molar-refractivity contribution is -0.274. The number of aldehydes is 1. The average Bonchev–Trinajstić information content (AvgIpc) is 2.92. The number of hydrogen-bond donors (Lipinski definition) is 0. The highest BCUT2D eigenvalue weighted by molar-refractivity contribution is 7.17. The molecule has 0 amide bonds. The van der Waals surface area contributed by atoms with Gasteiger partial charge in [-0.3, -0.25) is 4.79 Å². The molecule has 0 radical (unpaired) electrons. The maximum atomic E-state index is 12.4. The van der Waals surface area contributed by atoms with Gasteiger partial charge in [0, 0.05) is 10.3 Å². The van der Waals surface area contributed by atoms with Crippen LogP contribution in [0.5, 0.6) is 5.75 Å². The number of fused-ring (bicyclic) bond motifs is 1. The third-order valence-electron chi connectivity index (χ3n) is 3.08. The molecule has 2 nitrogen and oxygen atoms in total. The molecule has 0 aliphatic heterocycles. The smallest absolute Gasteiger partial charge is 0.406 e. The van der Waals surface area contributed by atoms with Crippen molar-refractivity contribution < 1.29 is 22.7 Å². The topological polar surface area (TPSA) is 26.3 Å². The van der Waals surface area contributed by atoms with E-state index >= 15 is 0 Å². The number of hydrogen-bond acceptors (Lipinski definition) is 3. The monoisotopic (exact) mass is 322 g/mol. The Hall–Kier alpha value is -2.34. The van der Waals surface area contributed by atoms with E-state index in [1.54, 1.807) is 17.4 Å². The second kappa shape index (κ2) is 5.46. The summed E-state index contributed by atoms with van der Waals surface area (Å²) in [6.07, 6.45) is -4.30. The fraction of sp³-hybridized carbons (Fsp3) is 0.0625. The molecule has 0 saturated carbocycles. The fourth-order valence-corrected chi connectivity index (χ4v) is 2.97. The summed E-state index contributed by atoms with van der Waals surface area (Å²) < 4.78 is 42.1. The number of carbonyl (C=O) groups is 1. The quantitative estimate of drug-likeness (QED) is 0.613. The summed E-state index contributed by atoms with van der Waals surface area (Å²) >= 11 is 1.58. The first kappa shape index (κ1) is 14.6. The molecule has 0 unspecified atom stereocenters. The third-order valence-corrected chi connectivity index (χ3v) is 3.98. The molecule has 0 spiro atoms. The van der Waals surface area contributed by atoms with Gasteiger partial charge >= 0.3 is 6.36 Å². The van der Waals surface area contributed by atoms with Crippen molar-refractivity contribution in [3.8, 4) is 16.9 Å². The number of benzene rings is 2. The van der Waals surface area contributed by atoms with Crippen molar-refractivity contribution in [3.05, 3.63) is 53.4 Å². The van der Waals surface area contributed by atoms with E-state index in [0.29, 0.717) is 11.8 Å². The Kier molecular flexibility index (Phi) is 3.62. The lowest BCUT2D eigenvalue weighted by Crippen LogP contribution is -2.17. The van der Waals surface area contributed by atoms with E-state index in [2.05, 4.69) is 4.74 Å². The van der Waals surface area contributed by atoms with Crippen molar-refractivity contribution in [3.63, 3.8) is 0 Å². The number of halogens is 3. The molecule has 0 aliphatic rings. The molecular formula is C16H9F3O2S. The van der Waals surface area contributed by atoms with E-state index in [-0.39, 0.29) is 5.56 Å². The van der Waals surface area contributed by atoms with Crippen LogP contribution in [-0.4, -0.2) is 12.6 Å². The maximum Gasteiger partial charge on any atom is 0.573 e. The number of alkyl halides is 3. The molecule has 1 heterocycles. The van der Waals surface area contributed by atoms with Crippen molar-refractivity contribution in [1.82, 2.24) is 0 Å². The van der Waals surface area contributed by atoms with Gasteiger partial charge in [-0.25, -0.2) is 0 Å². The van der Waals surface area contributed by atoms with Gasteiger partial charge in [0.15, 0.2) is 0 Å². The molecule has 112 valence electrons. The number of thiophene rings is 1. The minimum atomic E-state index is -4.80. The fourth-order valence-electron chi connectivity index (χ4n) is 2.20. The van der Waals surface area contributed by atoms with Gasteiger partial charge < -0.3 is 4.74 Å². The Labute approximate surface area is 127 Å². The van der Waals surface area contributed by atoms with E-state index in [4.69, 9.17) is 0 Å². The molecule has 3 aromatic rings. The van der Waals surface area contributed by atoms with E-state index in [9.17, 15) is 18.0 Å². The van der Waals surface area contributed by atoms with Crippen LogP contribution in [0.1, 0.15) is 10.4 Å². The average molecular weight is 322 g/mol. The van der Waals surface area contributed by atoms with Gasteiger partial charge in [0.25, 0.3) is 0 Å². The van der Waals surface area contributed by atoms with Crippen LogP contribution in [0.15, 0.2) is 47.8 Å². The van der Waals surface area contributed by atoms with Crippen LogP contribution in [-0.2, 0) is 0 Å². The van der Waals surface area contributed by atoms with Gasteiger partial charge in [0.05, 0.1) is 0 Å². The Morgan fingerprint density at radius 1 is 1.00 bits per heavy atom. The van der Waals surface area contributed by atoms with Gasteiger partial charge in [-0.05, 0) is 58.3 Å². The highest BCUT2D eigenvalue weighted by Crippen LogP contribution is 2.32. The Morgan fingerprint density at radius 3 is 2.55 bits per heavy atom. The maximum absolute atomic E-state index is 12.4. The largest absolute Gasteiger partial charge is 0.573 e. The summed E-state index contributed by atoms with van der Waals surface area (Å²) in [7, 11) is 0. The molecule has 2 aromatic carbocycles. The summed E-state index contributed by atoms with van der Waals surface area (Å²) in [6, 6.07) is 11.4. The molecule has 1 aromatic heterocycles. The second-order valence-corrected chi connectivity index (χ2v) is 5.58. The highest BCUT2D eigenvalue weighted by Gasteiger charge is 2.31. The Morgan fingerprint density at radius 2 is 1.82 bits per heavy atom. The van der Waals surface area contributed by atoms with Crippen LogP contribution < -0.4 is 4.74 Å². The van der Waals surface area contributed by atoms with Gasteiger partial charge in [0.1, 0.15) is 12.0 Å². The molecule has 3 rings (SSSR count). The summed E-state index contributed by atoms with van der Waals surface area (Å²) in [6.45, 7) is 0. The van der Waals surface area contributed by atoms with Crippen molar-refractivity contribution in [2.75, 3.05) is 0 Å². The number of carbonyl (C=O) groups excluding carboxylic acids is 1. The standard InChI is InChI=1S/C16H9F3O2S/c17-16(18,19)21-14-6-10(9-20)5-13(8-14)11-1-2-15-12(7-11)3-4-22-15/h1-9H. The summed E-state index contributed by atoms with van der Waals surface area (Å²) in [5.41, 5.74) is 1.35. The number of ether oxygens (including phenoxy) is 1. The first-order chi connectivity index (χ1) is 10.4. The van der Waals surface area contributed by atoms with Gasteiger partial charge in [-0.2, -0.15) is 0 Å². The van der Waals surface area contributed by atoms with Gasteiger partial charge in [-0.1, -0.05) is 6.07 Å². The predicted octanol–water partition coefficient (Wildman–Crippen LogP) is 5.28. The second-order valence-electron chi connectivity index (χ2n) is 4.63. The molecule has 0 bridgehead atoms. The Balaban J connectivity index is 2.08. The predicted molar refractivity (Wildman–Crippen MR) is 79.3 cm³/mol. The SMILES string of the molecule is O=Cc1cc(OC(F)(F)F)cc(-c2ccc3sccc3c2)c1. The lowest BCUT2D eigenvalue weighted by atomic mass is 10.0. The van der Waals surface area contributed by atoms with E-state index < -0.39 is 12.1 Å². The molecule has 0 atom stereocenters. The lowest BCUT2D eigenvalue weighted by Gasteiger charge is -2.11. The van der Waals surface area contributed by atoms with Crippen LogP contribution in [0.25, 0.3) is 21.2 Å². The zero-order valence-electron chi connectivity index (χ0n) is 11.1. The van der Waals surface area contributed by atoms with E-state index in [0.717, 1.165) is 21.7 Å². The molecule has 0 saturated heterocycles. The Bertz CT molecular complexity index is 837. The molecule has 0 aliphatic carbocycles. The summed E-state index contributed by atoms with van der Waals surface area (Å²) in [5.74, 6) is -0.405. The molecule has 6 heteroatoms. The van der Waals surface area contributed by atoms with Crippen LogP contribution in [0, 0.1) is 0 Å². The van der Waals surface area contributed by atoms with Crippen molar-refractivity contribution in [2.24, 2.45) is 0 Å². The van der Waals surface area contributed by atoms with Crippen LogP contribution in [0.2, 0.25) is 0 Å². The number of rotatable bonds is 3. The molecule has 0 N–H and O–H groups in total. The van der Waals surface area contributed by atoms with Gasteiger partial charge in [-0.15, -0.1) is 24.5 Å². The van der Waals surface area contributed by atoms with Crippen LogP contribution in [0.4, 0.5) is 13.2 Å². The van der Waals surface area contributed by atoms with Crippen molar-refractivity contribution >= 4 is 27.7 Å². The zero-order chi connectivity index (χ0) is 15.7. The molecule has 22 heavy (non-hydrogen) atoms. The minimum Gasteiger partial charge on any atom is -0.406 e. The normalized spacial score (nSPS) is 11.6. The first-order valence-corrected chi connectivity index (χ1v) is 7.16. The minimum absolute atomic E-state index is 0.127. The summed E-state index contributed by atoms with van der Waals surface area (Å²) in [4.78, 5) is 10.9.